The van der Waals surface area contributed by atoms with E-state index < -0.39 is 0 Å². The summed E-state index contributed by atoms with van der Waals surface area (Å²) in [6, 6.07) is 2.32. The van der Waals surface area contributed by atoms with Crippen LogP contribution < -0.4 is 5.32 Å². The second-order valence-corrected chi connectivity index (χ2v) is 8.32. The predicted molar refractivity (Wildman–Crippen MR) is 88.2 cm³/mol. The van der Waals surface area contributed by atoms with E-state index in [9.17, 15) is 0 Å². The van der Waals surface area contributed by atoms with E-state index in [-0.39, 0.29) is 0 Å². The monoisotopic (exact) mass is 281 g/mol. The first kappa shape index (κ1) is 16.7. The Morgan fingerprint density at radius 2 is 1.89 bits per heavy atom. The van der Waals surface area contributed by atoms with Crippen LogP contribution in [0.15, 0.2) is 6.07 Å². The Labute approximate surface area is 123 Å². The maximum absolute atomic E-state index is 3.56. The van der Waals surface area contributed by atoms with E-state index in [1.807, 2.05) is 11.3 Å². The molecule has 1 nitrogen and oxygen atoms in total. The molecule has 0 aliphatic rings. The molecule has 0 amide bonds. The topological polar surface area (TPSA) is 12.0 Å². The molecule has 19 heavy (non-hydrogen) atoms. The quantitative estimate of drug-likeness (QED) is 0.664. The van der Waals surface area contributed by atoms with Gasteiger partial charge in [-0.25, -0.2) is 0 Å². The molecule has 0 saturated carbocycles. The lowest BCUT2D eigenvalue weighted by atomic mass is 9.84. The van der Waals surface area contributed by atoms with Gasteiger partial charge in [-0.15, -0.1) is 11.3 Å². The summed E-state index contributed by atoms with van der Waals surface area (Å²) in [6.07, 6.45) is 3.79. The molecule has 1 aromatic rings. The van der Waals surface area contributed by atoms with Crippen LogP contribution in [-0.2, 0) is 6.42 Å². The molecule has 2 heteroatoms. The lowest BCUT2D eigenvalue weighted by molar-refractivity contribution is 0.300. The highest BCUT2D eigenvalue weighted by molar-refractivity contribution is 7.12. The summed E-state index contributed by atoms with van der Waals surface area (Å²) in [6.45, 7) is 16.1. The maximum Gasteiger partial charge on any atom is 0.00774 e. The molecule has 0 aromatic carbocycles. The van der Waals surface area contributed by atoms with E-state index in [2.05, 4.69) is 52.9 Å². The normalized spacial score (nSPS) is 12.4. The van der Waals surface area contributed by atoms with Crippen molar-refractivity contribution in [3.8, 4) is 0 Å². The SMILES string of the molecule is Cc1cc(C)c(CCC(C)(C)CCNCC(C)C)s1. The minimum atomic E-state index is 0.439. The summed E-state index contributed by atoms with van der Waals surface area (Å²) in [5, 5.41) is 3.56. The van der Waals surface area contributed by atoms with Gasteiger partial charge in [-0.1, -0.05) is 27.7 Å². The van der Waals surface area contributed by atoms with Crippen molar-refractivity contribution in [1.29, 1.82) is 0 Å². The van der Waals surface area contributed by atoms with Crippen molar-refractivity contribution >= 4 is 11.3 Å². The Morgan fingerprint density at radius 1 is 1.21 bits per heavy atom. The van der Waals surface area contributed by atoms with Crippen LogP contribution in [0, 0.1) is 25.2 Å². The summed E-state index contributed by atoms with van der Waals surface area (Å²) >= 11 is 1.97. The zero-order chi connectivity index (χ0) is 14.5. The molecule has 0 aliphatic heterocycles. The first-order chi connectivity index (χ1) is 8.80. The van der Waals surface area contributed by atoms with Crippen LogP contribution in [0.1, 0.15) is 55.9 Å². The van der Waals surface area contributed by atoms with E-state index in [1.165, 1.54) is 29.7 Å². The lowest BCUT2D eigenvalue weighted by Gasteiger charge is -2.25. The minimum absolute atomic E-state index is 0.439. The van der Waals surface area contributed by atoms with Crippen molar-refractivity contribution in [2.24, 2.45) is 11.3 Å². The third kappa shape index (κ3) is 6.58. The fraction of sp³-hybridized carbons (Fsp3) is 0.765. The van der Waals surface area contributed by atoms with Crippen LogP contribution in [-0.4, -0.2) is 13.1 Å². The van der Waals surface area contributed by atoms with E-state index in [4.69, 9.17) is 0 Å². The summed E-state index contributed by atoms with van der Waals surface area (Å²) < 4.78 is 0. The Morgan fingerprint density at radius 3 is 2.42 bits per heavy atom. The van der Waals surface area contributed by atoms with Gasteiger partial charge in [0.1, 0.15) is 0 Å². The molecule has 0 aliphatic carbocycles. The summed E-state index contributed by atoms with van der Waals surface area (Å²) in [5.41, 5.74) is 1.92. The van der Waals surface area contributed by atoms with E-state index in [0.29, 0.717) is 5.41 Å². The molecular weight excluding hydrogens is 250 g/mol. The van der Waals surface area contributed by atoms with Crippen molar-refractivity contribution < 1.29 is 0 Å². The fourth-order valence-electron chi connectivity index (χ4n) is 2.33. The maximum atomic E-state index is 3.56. The number of hydrogen-bond acceptors (Lipinski definition) is 2. The van der Waals surface area contributed by atoms with Crippen molar-refractivity contribution in [1.82, 2.24) is 5.32 Å². The van der Waals surface area contributed by atoms with Crippen LogP contribution in [0.2, 0.25) is 0 Å². The van der Waals surface area contributed by atoms with Crippen LogP contribution in [0.3, 0.4) is 0 Å². The van der Waals surface area contributed by atoms with Gasteiger partial charge in [-0.2, -0.15) is 0 Å². The smallest absolute Gasteiger partial charge is 0.00774 e. The fourth-order valence-corrected chi connectivity index (χ4v) is 3.38. The number of nitrogens with one attached hydrogen (secondary N) is 1. The summed E-state index contributed by atoms with van der Waals surface area (Å²) in [4.78, 5) is 3.03. The zero-order valence-electron chi connectivity index (χ0n) is 13.6. The van der Waals surface area contributed by atoms with Crippen molar-refractivity contribution in [2.45, 2.75) is 60.8 Å². The molecule has 0 spiro atoms. The largest absolute Gasteiger partial charge is 0.316 e. The van der Waals surface area contributed by atoms with Crippen molar-refractivity contribution in [2.75, 3.05) is 13.1 Å². The van der Waals surface area contributed by atoms with Gasteiger partial charge in [0.2, 0.25) is 0 Å². The number of aryl methyl sites for hydroxylation is 3. The van der Waals surface area contributed by atoms with Crippen molar-refractivity contribution in [3.05, 3.63) is 21.4 Å². The number of thiophene rings is 1. The second kappa shape index (κ2) is 7.44. The van der Waals surface area contributed by atoms with E-state index >= 15 is 0 Å². The Balaban J connectivity index is 2.32. The van der Waals surface area contributed by atoms with E-state index in [1.54, 1.807) is 4.88 Å². The highest BCUT2D eigenvalue weighted by Gasteiger charge is 2.18. The Kier molecular flexibility index (Phi) is 6.55. The third-order valence-electron chi connectivity index (χ3n) is 3.70. The minimum Gasteiger partial charge on any atom is -0.316 e. The standard InChI is InChI=1S/C17H31NS/c1-13(2)12-18-10-9-17(5,6)8-7-16-14(3)11-15(4)19-16/h11,13,18H,7-10,12H2,1-6H3. The average Bonchev–Trinajstić information content (AvgIpc) is 2.61. The van der Waals surface area contributed by atoms with Crippen LogP contribution in [0.4, 0.5) is 0 Å². The Hall–Kier alpha value is -0.340. The summed E-state index contributed by atoms with van der Waals surface area (Å²) in [7, 11) is 0. The molecule has 0 bridgehead atoms. The highest BCUT2D eigenvalue weighted by Crippen LogP contribution is 2.30. The third-order valence-corrected chi connectivity index (χ3v) is 4.92. The van der Waals surface area contributed by atoms with Gasteiger partial charge in [0, 0.05) is 9.75 Å². The molecule has 1 heterocycles. The van der Waals surface area contributed by atoms with Gasteiger partial charge in [-0.05, 0) is 69.2 Å². The number of hydrogen-bond donors (Lipinski definition) is 1. The second-order valence-electron chi connectivity index (χ2n) is 6.98. The molecule has 1 aromatic heterocycles. The first-order valence-electron chi connectivity index (χ1n) is 7.57. The highest BCUT2D eigenvalue weighted by atomic mass is 32.1. The van der Waals surface area contributed by atoms with E-state index in [0.717, 1.165) is 19.0 Å². The van der Waals surface area contributed by atoms with Crippen molar-refractivity contribution in [3.63, 3.8) is 0 Å². The molecule has 1 N–H and O–H groups in total. The molecule has 0 unspecified atom stereocenters. The van der Waals surface area contributed by atoms with Gasteiger partial charge >= 0.3 is 0 Å². The van der Waals surface area contributed by atoms with Gasteiger partial charge in [0.05, 0.1) is 0 Å². The molecular formula is C17H31NS. The number of rotatable bonds is 8. The first-order valence-corrected chi connectivity index (χ1v) is 8.38. The van der Waals surface area contributed by atoms with Crippen LogP contribution in [0.25, 0.3) is 0 Å². The summed E-state index contributed by atoms with van der Waals surface area (Å²) in [5.74, 6) is 0.750. The van der Waals surface area contributed by atoms with Crippen LogP contribution in [0.5, 0.6) is 0 Å². The molecule has 0 atom stereocenters. The molecule has 0 fully saturated rings. The van der Waals surface area contributed by atoms with Gasteiger partial charge in [0.25, 0.3) is 0 Å². The van der Waals surface area contributed by atoms with Crippen LogP contribution >= 0.6 is 11.3 Å². The molecule has 0 saturated heterocycles. The van der Waals surface area contributed by atoms with Gasteiger partial charge < -0.3 is 5.32 Å². The average molecular weight is 282 g/mol. The Bertz CT molecular complexity index is 377. The molecule has 0 radical (unpaired) electrons. The predicted octanol–water partition coefficient (Wildman–Crippen LogP) is 4.96. The lowest BCUT2D eigenvalue weighted by Crippen LogP contribution is -2.25. The molecule has 1 rings (SSSR count). The van der Waals surface area contributed by atoms with Gasteiger partial charge in [-0.3, -0.25) is 0 Å². The zero-order valence-corrected chi connectivity index (χ0v) is 14.4. The van der Waals surface area contributed by atoms with Gasteiger partial charge in [0.15, 0.2) is 0 Å². The molecule has 110 valence electrons.